The number of rotatable bonds is 6. The number of hydrogen-bond acceptors (Lipinski definition) is 5. The minimum Gasteiger partial charge on any atom is -0.325 e. The third-order valence-electron chi connectivity index (χ3n) is 5.12. The third kappa shape index (κ3) is 4.49. The lowest BCUT2D eigenvalue weighted by molar-refractivity contribution is -0.116. The Morgan fingerprint density at radius 2 is 1.79 bits per heavy atom. The van der Waals surface area contributed by atoms with Crippen LogP contribution < -0.4 is 16.6 Å². The van der Waals surface area contributed by atoms with E-state index >= 15 is 0 Å². The van der Waals surface area contributed by atoms with Gasteiger partial charge in [-0.3, -0.25) is 28.2 Å². The van der Waals surface area contributed by atoms with Gasteiger partial charge in [-0.25, -0.2) is 9.18 Å². The molecule has 9 nitrogen and oxygen atoms in total. The number of nitrogens with one attached hydrogen (secondary N) is 1. The number of benzene rings is 2. The molecule has 0 saturated carbocycles. The topological polar surface area (TPSA) is 108 Å². The zero-order chi connectivity index (χ0) is 23.7. The summed E-state index contributed by atoms with van der Waals surface area (Å²) in [5.74, 6) is -1.10. The molecule has 0 aliphatic rings. The molecule has 1 amide bonds. The molecule has 0 spiro atoms. The molecule has 4 rings (SSSR count). The first-order chi connectivity index (χ1) is 15.7. The van der Waals surface area contributed by atoms with Crippen LogP contribution in [0.25, 0.3) is 11.0 Å². The second kappa shape index (κ2) is 8.65. The maximum absolute atomic E-state index is 13.2. The molecule has 168 valence electrons. The maximum Gasteiger partial charge on any atom is 0.332 e. The Labute approximate surface area is 186 Å². The van der Waals surface area contributed by atoms with Crippen LogP contribution in [0.3, 0.4) is 0 Å². The van der Waals surface area contributed by atoms with Crippen molar-refractivity contribution in [2.24, 2.45) is 7.05 Å². The van der Waals surface area contributed by atoms with E-state index in [4.69, 9.17) is 0 Å². The molecule has 0 aliphatic carbocycles. The summed E-state index contributed by atoms with van der Waals surface area (Å²) in [5, 5.41) is 6.81. The summed E-state index contributed by atoms with van der Waals surface area (Å²) in [5.41, 5.74) is 0.336. The number of carbonyl (C=O) groups is 2. The number of Topliss-reactive ketones (excluding diaryl/α,β-unsaturated/α-hetero) is 1. The highest BCUT2D eigenvalue weighted by atomic mass is 19.1. The minimum absolute atomic E-state index is 0.0330. The molecule has 10 heteroatoms. The largest absolute Gasteiger partial charge is 0.332 e. The summed E-state index contributed by atoms with van der Waals surface area (Å²) in [6.07, 6.45) is 1.49. The van der Waals surface area contributed by atoms with Gasteiger partial charge in [0.2, 0.25) is 5.91 Å². The summed E-state index contributed by atoms with van der Waals surface area (Å²) in [4.78, 5) is 50.5. The summed E-state index contributed by atoms with van der Waals surface area (Å²) in [7, 11) is 1.60. The van der Waals surface area contributed by atoms with Gasteiger partial charge in [0.15, 0.2) is 11.3 Å². The number of nitrogens with zero attached hydrogens (tertiary/aromatic N) is 4. The molecule has 0 unspecified atom stereocenters. The van der Waals surface area contributed by atoms with Crippen LogP contribution in [0.4, 0.5) is 10.1 Å². The molecule has 1 N–H and O–H groups in total. The smallest absolute Gasteiger partial charge is 0.325 e. The molecular weight excluding hydrogens is 429 g/mol. The highest BCUT2D eigenvalue weighted by molar-refractivity contribution is 5.97. The van der Waals surface area contributed by atoms with Crippen molar-refractivity contribution in [3.8, 4) is 0 Å². The second-order valence-electron chi connectivity index (χ2n) is 7.61. The average molecular weight is 449 g/mol. The lowest BCUT2D eigenvalue weighted by atomic mass is 10.1. The van der Waals surface area contributed by atoms with E-state index in [1.54, 1.807) is 25.2 Å². The van der Waals surface area contributed by atoms with Gasteiger partial charge in [-0.15, -0.1) is 0 Å². The van der Waals surface area contributed by atoms with E-state index in [0.717, 1.165) is 9.13 Å². The number of amides is 1. The fraction of sp³-hybridized carbons (Fsp3) is 0.174. The van der Waals surface area contributed by atoms with E-state index < -0.39 is 23.0 Å². The predicted molar refractivity (Wildman–Crippen MR) is 120 cm³/mol. The predicted octanol–water partition coefficient (Wildman–Crippen LogP) is 1.93. The number of anilines is 1. The van der Waals surface area contributed by atoms with Gasteiger partial charge in [-0.1, -0.05) is 24.3 Å². The summed E-state index contributed by atoms with van der Waals surface area (Å²) < 4.78 is 16.8. The van der Waals surface area contributed by atoms with Crippen molar-refractivity contribution in [1.82, 2.24) is 18.9 Å². The van der Waals surface area contributed by atoms with E-state index in [0.29, 0.717) is 16.8 Å². The first-order valence-electron chi connectivity index (χ1n) is 10.0. The second-order valence-corrected chi connectivity index (χ2v) is 7.61. The highest BCUT2D eigenvalue weighted by Gasteiger charge is 2.18. The van der Waals surface area contributed by atoms with Gasteiger partial charge in [0.1, 0.15) is 12.4 Å². The third-order valence-corrected chi connectivity index (χ3v) is 5.12. The standard InChI is InChI=1S/C23H20FN5O4/c1-14(30)16-4-3-5-18(10-16)25-20(31)13-28-19-12-27(2)26-21(19)22(32)29(23(28)33)11-15-6-8-17(24)9-7-15/h3-10,12H,11,13H2,1-2H3,(H,25,31). The van der Waals surface area contributed by atoms with Crippen molar-refractivity contribution in [1.29, 1.82) is 0 Å². The molecule has 2 aromatic carbocycles. The molecule has 0 fully saturated rings. The van der Waals surface area contributed by atoms with Gasteiger partial charge in [0, 0.05) is 24.5 Å². The van der Waals surface area contributed by atoms with Gasteiger partial charge in [0.05, 0.1) is 12.1 Å². The van der Waals surface area contributed by atoms with Gasteiger partial charge in [-0.05, 0) is 36.8 Å². The molecule has 33 heavy (non-hydrogen) atoms. The van der Waals surface area contributed by atoms with Crippen LogP contribution in [0, 0.1) is 5.82 Å². The number of hydrogen-bond donors (Lipinski definition) is 1. The fourth-order valence-corrected chi connectivity index (χ4v) is 3.51. The van der Waals surface area contributed by atoms with Gasteiger partial charge < -0.3 is 5.32 Å². The Balaban J connectivity index is 1.72. The van der Waals surface area contributed by atoms with Crippen LogP contribution in [0.5, 0.6) is 0 Å². The van der Waals surface area contributed by atoms with Crippen LogP contribution in [-0.2, 0) is 24.9 Å². The van der Waals surface area contributed by atoms with Crippen molar-refractivity contribution >= 4 is 28.4 Å². The first kappa shape index (κ1) is 21.9. The Bertz CT molecular complexity index is 1500. The minimum atomic E-state index is -0.697. The average Bonchev–Trinajstić information content (AvgIpc) is 3.17. The van der Waals surface area contributed by atoms with E-state index in [1.165, 1.54) is 48.1 Å². The Morgan fingerprint density at radius 1 is 1.06 bits per heavy atom. The van der Waals surface area contributed by atoms with Crippen LogP contribution in [0.15, 0.2) is 64.3 Å². The van der Waals surface area contributed by atoms with Crippen molar-refractivity contribution < 1.29 is 14.0 Å². The Morgan fingerprint density at radius 3 is 2.48 bits per heavy atom. The van der Waals surface area contributed by atoms with Crippen molar-refractivity contribution in [2.75, 3.05) is 5.32 Å². The van der Waals surface area contributed by atoms with E-state index in [9.17, 15) is 23.6 Å². The molecule has 0 saturated heterocycles. The van der Waals surface area contributed by atoms with Crippen LogP contribution in [-0.4, -0.2) is 30.6 Å². The number of aryl methyl sites for hydroxylation is 1. The monoisotopic (exact) mass is 449 g/mol. The van der Waals surface area contributed by atoms with Crippen molar-refractivity contribution in [3.63, 3.8) is 0 Å². The molecular formula is C23H20FN5O4. The van der Waals surface area contributed by atoms with Gasteiger partial charge in [0.25, 0.3) is 5.56 Å². The summed E-state index contributed by atoms with van der Waals surface area (Å²) >= 11 is 0. The zero-order valence-electron chi connectivity index (χ0n) is 17.9. The van der Waals surface area contributed by atoms with Gasteiger partial charge >= 0.3 is 5.69 Å². The molecule has 2 aromatic heterocycles. The van der Waals surface area contributed by atoms with E-state index in [-0.39, 0.29) is 29.9 Å². The van der Waals surface area contributed by atoms with Gasteiger partial charge in [-0.2, -0.15) is 5.10 Å². The number of ketones is 1. The van der Waals surface area contributed by atoms with E-state index in [2.05, 4.69) is 10.4 Å². The molecule has 0 atom stereocenters. The van der Waals surface area contributed by atoms with E-state index in [1.807, 2.05) is 0 Å². The zero-order valence-corrected chi connectivity index (χ0v) is 17.9. The summed E-state index contributed by atoms with van der Waals surface area (Å²) in [6.45, 7) is 0.936. The van der Waals surface area contributed by atoms with Crippen molar-refractivity contribution in [3.05, 3.63) is 92.5 Å². The lowest BCUT2D eigenvalue weighted by Crippen LogP contribution is -2.41. The number of fused-ring (bicyclic) bond motifs is 1. The normalized spacial score (nSPS) is 11.0. The van der Waals surface area contributed by atoms with Crippen LogP contribution in [0.2, 0.25) is 0 Å². The molecule has 4 aromatic rings. The SMILES string of the molecule is CC(=O)c1cccc(NC(=O)Cn2c(=O)n(Cc3ccc(F)cc3)c(=O)c3nn(C)cc32)c1. The van der Waals surface area contributed by atoms with Crippen LogP contribution >= 0.6 is 0 Å². The number of halogens is 1. The fourth-order valence-electron chi connectivity index (χ4n) is 3.51. The molecule has 2 heterocycles. The molecule has 0 radical (unpaired) electrons. The lowest BCUT2D eigenvalue weighted by Gasteiger charge is -2.12. The first-order valence-corrected chi connectivity index (χ1v) is 10.0. The Hall–Kier alpha value is -4.34. The quantitative estimate of drug-likeness (QED) is 0.453. The molecule has 0 aliphatic heterocycles. The highest BCUT2D eigenvalue weighted by Crippen LogP contribution is 2.12. The van der Waals surface area contributed by atoms with Crippen LogP contribution in [0.1, 0.15) is 22.8 Å². The molecule has 0 bridgehead atoms. The van der Waals surface area contributed by atoms with Crippen molar-refractivity contribution in [2.45, 2.75) is 20.0 Å². The maximum atomic E-state index is 13.2. The summed E-state index contributed by atoms with van der Waals surface area (Å²) in [6, 6.07) is 11.9. The number of carbonyl (C=O) groups excluding carboxylic acids is 2. The Kier molecular flexibility index (Phi) is 5.74. The number of aromatic nitrogens is 4.